The van der Waals surface area contributed by atoms with Crippen molar-refractivity contribution < 1.29 is 9.59 Å². The number of rotatable bonds is 3. The Hall–Kier alpha value is -2.89. The van der Waals surface area contributed by atoms with Crippen LogP contribution in [-0.4, -0.2) is 23.3 Å². The van der Waals surface area contributed by atoms with E-state index < -0.39 is 0 Å². The van der Waals surface area contributed by atoms with Crippen LogP contribution < -0.4 is 15.8 Å². The molecule has 0 unspecified atom stereocenters. The molecule has 2 N–H and O–H groups in total. The normalized spacial score (nSPS) is 12.8. The van der Waals surface area contributed by atoms with Crippen molar-refractivity contribution in [2.24, 2.45) is 0 Å². The van der Waals surface area contributed by atoms with Gasteiger partial charge in [0.15, 0.2) is 0 Å². The lowest BCUT2D eigenvalue weighted by Crippen LogP contribution is -2.27. The number of carbonyl (C=O) groups excluding carboxylic acids is 2. The molecule has 1 aliphatic heterocycles. The van der Waals surface area contributed by atoms with Gasteiger partial charge in [-0.3, -0.25) is 14.4 Å². The fourth-order valence-corrected chi connectivity index (χ4v) is 2.71. The van der Waals surface area contributed by atoms with E-state index in [2.05, 4.69) is 10.3 Å². The van der Waals surface area contributed by atoms with Crippen LogP contribution in [0.2, 0.25) is 0 Å². The first kappa shape index (κ1) is 15.0. The van der Waals surface area contributed by atoms with Crippen LogP contribution in [0.15, 0.2) is 41.3 Å². The summed E-state index contributed by atoms with van der Waals surface area (Å²) in [6.45, 7) is 2.48. The van der Waals surface area contributed by atoms with E-state index in [1.807, 2.05) is 6.92 Å². The van der Waals surface area contributed by atoms with Gasteiger partial charge in [0.2, 0.25) is 5.91 Å². The Morgan fingerprint density at radius 3 is 2.87 bits per heavy atom. The Labute approximate surface area is 133 Å². The fourth-order valence-electron chi connectivity index (χ4n) is 2.71. The smallest absolute Gasteiger partial charge is 0.271 e. The third kappa shape index (κ3) is 2.88. The highest BCUT2D eigenvalue weighted by atomic mass is 16.2. The van der Waals surface area contributed by atoms with Crippen LogP contribution in [0.4, 0.5) is 11.4 Å². The van der Waals surface area contributed by atoms with Gasteiger partial charge in [0.1, 0.15) is 5.69 Å². The van der Waals surface area contributed by atoms with E-state index in [-0.39, 0.29) is 23.1 Å². The van der Waals surface area contributed by atoms with E-state index in [0.29, 0.717) is 18.5 Å². The molecule has 118 valence electrons. The zero-order valence-electron chi connectivity index (χ0n) is 12.8. The summed E-state index contributed by atoms with van der Waals surface area (Å²) >= 11 is 0. The maximum Gasteiger partial charge on any atom is 0.271 e. The van der Waals surface area contributed by atoms with Crippen molar-refractivity contribution in [2.75, 3.05) is 16.8 Å². The number of benzene rings is 1. The van der Waals surface area contributed by atoms with Gasteiger partial charge < -0.3 is 15.2 Å². The summed E-state index contributed by atoms with van der Waals surface area (Å²) < 4.78 is 0. The summed E-state index contributed by atoms with van der Waals surface area (Å²) in [4.78, 5) is 40.0. The minimum atomic E-state index is -0.346. The molecule has 0 spiro atoms. The van der Waals surface area contributed by atoms with E-state index in [4.69, 9.17) is 0 Å². The molecule has 6 heteroatoms. The molecule has 0 saturated heterocycles. The molecule has 1 aromatic carbocycles. The van der Waals surface area contributed by atoms with Gasteiger partial charge in [-0.2, -0.15) is 0 Å². The van der Waals surface area contributed by atoms with Gasteiger partial charge in [-0.1, -0.05) is 6.92 Å². The van der Waals surface area contributed by atoms with Crippen molar-refractivity contribution >= 4 is 23.2 Å². The highest BCUT2D eigenvalue weighted by molar-refractivity contribution is 6.05. The molecule has 3 rings (SSSR count). The number of hydrogen-bond donors (Lipinski definition) is 2. The third-order valence-corrected chi connectivity index (χ3v) is 3.91. The summed E-state index contributed by atoms with van der Waals surface area (Å²) in [7, 11) is 0. The molecular weight excluding hydrogens is 294 g/mol. The van der Waals surface area contributed by atoms with Gasteiger partial charge >= 0.3 is 0 Å². The topological polar surface area (TPSA) is 82.3 Å². The van der Waals surface area contributed by atoms with E-state index in [9.17, 15) is 14.4 Å². The van der Waals surface area contributed by atoms with Crippen molar-refractivity contribution in [3.63, 3.8) is 0 Å². The second kappa shape index (κ2) is 6.08. The van der Waals surface area contributed by atoms with Crippen molar-refractivity contribution in [3.8, 4) is 0 Å². The first-order chi connectivity index (χ1) is 11.1. The van der Waals surface area contributed by atoms with Crippen LogP contribution in [0.1, 0.15) is 29.3 Å². The zero-order chi connectivity index (χ0) is 16.4. The van der Waals surface area contributed by atoms with Crippen LogP contribution in [0, 0.1) is 0 Å². The molecule has 0 saturated carbocycles. The molecule has 0 aliphatic carbocycles. The fraction of sp³-hybridized carbons (Fsp3) is 0.235. The maximum absolute atomic E-state index is 12.3. The predicted molar refractivity (Wildman–Crippen MR) is 87.8 cm³/mol. The largest absolute Gasteiger partial charge is 0.327 e. The summed E-state index contributed by atoms with van der Waals surface area (Å²) in [5.41, 5.74) is 2.17. The Morgan fingerprint density at radius 2 is 2.13 bits per heavy atom. The molecule has 2 amide bonds. The van der Waals surface area contributed by atoms with E-state index in [0.717, 1.165) is 17.7 Å². The number of aromatic amines is 1. The number of anilines is 2. The molecule has 0 atom stereocenters. The average molecular weight is 311 g/mol. The van der Waals surface area contributed by atoms with Crippen molar-refractivity contribution in [1.82, 2.24) is 4.98 Å². The minimum Gasteiger partial charge on any atom is -0.327 e. The van der Waals surface area contributed by atoms with Crippen molar-refractivity contribution in [2.45, 2.75) is 19.8 Å². The molecule has 1 aliphatic rings. The Bertz CT molecular complexity index is 826. The van der Waals surface area contributed by atoms with Gasteiger partial charge in [-0.25, -0.2) is 0 Å². The third-order valence-electron chi connectivity index (χ3n) is 3.91. The Morgan fingerprint density at radius 1 is 1.30 bits per heavy atom. The van der Waals surface area contributed by atoms with E-state index >= 15 is 0 Å². The molecule has 0 fully saturated rings. The minimum absolute atomic E-state index is 0.0803. The summed E-state index contributed by atoms with van der Waals surface area (Å²) in [6.07, 6.45) is 2.69. The second-order valence-electron chi connectivity index (χ2n) is 5.36. The Balaban J connectivity index is 1.83. The first-order valence-corrected chi connectivity index (χ1v) is 7.52. The lowest BCUT2D eigenvalue weighted by molar-refractivity contribution is -0.118. The monoisotopic (exact) mass is 311 g/mol. The SMILES string of the molecule is CCC(=O)N1CCc2cc(C(=O)Nc3ccc[nH]c3=O)ccc21. The number of aromatic nitrogens is 1. The predicted octanol–water partition coefficient (Wildman–Crippen LogP) is 1.93. The second-order valence-corrected chi connectivity index (χ2v) is 5.36. The number of H-pyrrole nitrogens is 1. The summed E-state index contributed by atoms with van der Waals surface area (Å²) in [5.74, 6) is -0.262. The van der Waals surface area contributed by atoms with E-state index in [1.165, 1.54) is 6.20 Å². The molecule has 6 nitrogen and oxygen atoms in total. The number of nitrogens with one attached hydrogen (secondary N) is 2. The number of pyridine rings is 1. The number of amides is 2. The zero-order valence-corrected chi connectivity index (χ0v) is 12.8. The van der Waals surface area contributed by atoms with Gasteiger partial charge in [-0.05, 0) is 42.3 Å². The Kier molecular flexibility index (Phi) is 3.97. The molecule has 0 bridgehead atoms. The van der Waals surface area contributed by atoms with Gasteiger partial charge in [0.25, 0.3) is 11.5 Å². The number of fused-ring (bicyclic) bond motifs is 1. The molecule has 23 heavy (non-hydrogen) atoms. The number of nitrogens with zero attached hydrogens (tertiary/aromatic N) is 1. The van der Waals surface area contributed by atoms with Crippen LogP contribution in [0.5, 0.6) is 0 Å². The van der Waals surface area contributed by atoms with Gasteiger partial charge in [0.05, 0.1) is 0 Å². The van der Waals surface area contributed by atoms with Crippen molar-refractivity contribution in [1.29, 1.82) is 0 Å². The van der Waals surface area contributed by atoms with E-state index in [1.54, 1.807) is 35.2 Å². The number of carbonyl (C=O) groups is 2. The number of hydrogen-bond acceptors (Lipinski definition) is 3. The lowest BCUT2D eigenvalue weighted by Gasteiger charge is -2.16. The summed E-state index contributed by atoms with van der Waals surface area (Å²) in [6, 6.07) is 8.44. The van der Waals surface area contributed by atoms with Crippen LogP contribution in [0.3, 0.4) is 0 Å². The molecule has 0 radical (unpaired) electrons. The maximum atomic E-state index is 12.3. The van der Waals surface area contributed by atoms with Crippen LogP contribution >= 0.6 is 0 Å². The van der Waals surface area contributed by atoms with Crippen molar-refractivity contribution in [3.05, 3.63) is 58.0 Å². The highest BCUT2D eigenvalue weighted by Crippen LogP contribution is 2.29. The molecule has 1 aromatic heterocycles. The molecular formula is C17H17N3O3. The van der Waals surface area contributed by atoms with Crippen LogP contribution in [0.25, 0.3) is 0 Å². The van der Waals surface area contributed by atoms with Gasteiger partial charge in [-0.15, -0.1) is 0 Å². The average Bonchev–Trinajstić information content (AvgIpc) is 2.99. The van der Waals surface area contributed by atoms with Gasteiger partial charge in [0, 0.05) is 30.4 Å². The standard InChI is InChI=1S/C17H17N3O3/c1-2-15(21)20-9-7-11-10-12(5-6-14(11)20)16(22)19-13-4-3-8-18-17(13)23/h3-6,8,10H,2,7,9H2,1H3,(H,18,23)(H,19,22). The molecule has 2 heterocycles. The highest BCUT2D eigenvalue weighted by Gasteiger charge is 2.24. The lowest BCUT2D eigenvalue weighted by atomic mass is 10.1. The molecule has 2 aromatic rings. The van der Waals surface area contributed by atoms with Crippen LogP contribution in [-0.2, 0) is 11.2 Å². The quantitative estimate of drug-likeness (QED) is 0.908. The first-order valence-electron chi connectivity index (χ1n) is 7.52. The summed E-state index contributed by atoms with van der Waals surface area (Å²) in [5, 5.41) is 2.60.